The van der Waals surface area contributed by atoms with E-state index in [1.165, 1.54) is 12.3 Å². The summed E-state index contributed by atoms with van der Waals surface area (Å²) >= 11 is 0. The SMILES string of the molecule is Nc1ccn([C@@H]2O[C@H](CO)C(O)C2=CF)c(=O)n1. The summed E-state index contributed by atoms with van der Waals surface area (Å²) in [6.45, 7) is -0.494. The highest BCUT2D eigenvalue weighted by Gasteiger charge is 2.40. The number of hydrogen-bond donors (Lipinski definition) is 3. The Balaban J connectivity index is 2.41. The van der Waals surface area contributed by atoms with Crippen LogP contribution in [-0.2, 0) is 4.74 Å². The van der Waals surface area contributed by atoms with Crippen molar-refractivity contribution in [1.82, 2.24) is 9.55 Å². The van der Waals surface area contributed by atoms with Crippen LogP contribution in [0.4, 0.5) is 10.2 Å². The Morgan fingerprint density at radius 3 is 2.94 bits per heavy atom. The number of aliphatic hydroxyl groups excluding tert-OH is 2. The quantitative estimate of drug-likeness (QED) is 0.622. The van der Waals surface area contributed by atoms with Crippen molar-refractivity contribution >= 4 is 5.82 Å². The summed E-state index contributed by atoms with van der Waals surface area (Å²) < 4.78 is 19.0. The van der Waals surface area contributed by atoms with Gasteiger partial charge >= 0.3 is 5.69 Å². The molecule has 7 nitrogen and oxygen atoms in total. The lowest BCUT2D eigenvalue weighted by atomic mass is 10.1. The van der Waals surface area contributed by atoms with Gasteiger partial charge in [0, 0.05) is 11.8 Å². The first kappa shape index (κ1) is 12.7. The van der Waals surface area contributed by atoms with E-state index in [-0.39, 0.29) is 17.7 Å². The molecule has 3 atom stereocenters. The predicted octanol–water partition coefficient (Wildman–Crippen LogP) is -1.07. The second kappa shape index (κ2) is 4.84. The Morgan fingerprint density at radius 1 is 1.67 bits per heavy atom. The Hall–Kier alpha value is -1.77. The van der Waals surface area contributed by atoms with Crippen LogP contribution < -0.4 is 11.4 Å². The normalized spacial score (nSPS) is 29.9. The third kappa shape index (κ3) is 2.01. The van der Waals surface area contributed by atoms with Gasteiger partial charge < -0.3 is 20.7 Å². The van der Waals surface area contributed by atoms with Crippen molar-refractivity contribution in [1.29, 1.82) is 0 Å². The number of halogens is 1. The zero-order valence-electron chi connectivity index (χ0n) is 9.23. The summed E-state index contributed by atoms with van der Waals surface area (Å²) in [6.07, 6.45) is -1.99. The summed E-state index contributed by atoms with van der Waals surface area (Å²) in [6, 6.07) is 1.35. The lowest BCUT2D eigenvalue weighted by Crippen LogP contribution is -2.28. The number of aliphatic hydroxyl groups is 2. The average molecular weight is 257 g/mol. The third-order valence-electron chi connectivity index (χ3n) is 2.69. The number of anilines is 1. The average Bonchev–Trinajstić information content (AvgIpc) is 2.65. The minimum absolute atomic E-state index is 0.0271. The van der Waals surface area contributed by atoms with E-state index < -0.39 is 30.7 Å². The number of hydrogen-bond acceptors (Lipinski definition) is 6. The maximum Gasteiger partial charge on any atom is 0.351 e. The summed E-state index contributed by atoms with van der Waals surface area (Å²) in [5, 5.41) is 18.6. The maximum absolute atomic E-state index is 12.8. The molecule has 1 aliphatic heterocycles. The van der Waals surface area contributed by atoms with Gasteiger partial charge in [0.1, 0.15) is 18.0 Å². The summed E-state index contributed by atoms with van der Waals surface area (Å²) in [7, 11) is 0. The second-order valence-corrected chi connectivity index (χ2v) is 3.81. The summed E-state index contributed by atoms with van der Waals surface area (Å²) in [5.41, 5.74) is 4.45. The van der Waals surface area contributed by atoms with Gasteiger partial charge in [-0.25, -0.2) is 9.18 Å². The van der Waals surface area contributed by atoms with Gasteiger partial charge in [-0.05, 0) is 6.07 Å². The van der Waals surface area contributed by atoms with E-state index in [2.05, 4.69) is 4.98 Å². The van der Waals surface area contributed by atoms with Crippen LogP contribution in [0, 0.1) is 0 Å². The fourth-order valence-electron chi connectivity index (χ4n) is 1.77. The van der Waals surface area contributed by atoms with Gasteiger partial charge in [-0.2, -0.15) is 4.98 Å². The van der Waals surface area contributed by atoms with Crippen LogP contribution >= 0.6 is 0 Å². The van der Waals surface area contributed by atoms with Gasteiger partial charge in [-0.1, -0.05) is 0 Å². The first-order chi connectivity index (χ1) is 8.58. The van der Waals surface area contributed by atoms with E-state index in [1.807, 2.05) is 0 Å². The summed E-state index contributed by atoms with van der Waals surface area (Å²) in [5.74, 6) is 0.0271. The van der Waals surface area contributed by atoms with Crippen LogP contribution in [0.3, 0.4) is 0 Å². The molecular formula is C10H12FN3O4. The predicted molar refractivity (Wildman–Crippen MR) is 59.1 cm³/mol. The summed E-state index contributed by atoms with van der Waals surface area (Å²) in [4.78, 5) is 15.1. The van der Waals surface area contributed by atoms with Crippen molar-refractivity contribution in [2.24, 2.45) is 0 Å². The number of nitrogen functional groups attached to an aromatic ring is 1. The Bertz CT molecular complexity index is 530. The largest absolute Gasteiger partial charge is 0.394 e. The van der Waals surface area contributed by atoms with E-state index in [9.17, 15) is 14.3 Å². The highest BCUT2D eigenvalue weighted by Crippen LogP contribution is 2.33. The third-order valence-corrected chi connectivity index (χ3v) is 2.69. The van der Waals surface area contributed by atoms with Gasteiger partial charge in [0.2, 0.25) is 0 Å². The number of rotatable bonds is 2. The molecule has 0 saturated carbocycles. The molecule has 1 aromatic rings. The van der Waals surface area contributed by atoms with E-state index in [0.29, 0.717) is 0 Å². The topological polar surface area (TPSA) is 111 Å². The first-order valence-corrected chi connectivity index (χ1v) is 5.17. The minimum atomic E-state index is -1.31. The van der Waals surface area contributed by atoms with Crippen LogP contribution in [0.5, 0.6) is 0 Å². The number of nitrogens with two attached hydrogens (primary N) is 1. The molecular weight excluding hydrogens is 245 g/mol. The molecule has 2 heterocycles. The Labute approximate surface area is 101 Å². The number of nitrogens with zero attached hydrogens (tertiary/aromatic N) is 2. The highest BCUT2D eigenvalue weighted by molar-refractivity contribution is 5.25. The highest BCUT2D eigenvalue weighted by atomic mass is 19.1. The fraction of sp³-hybridized carbons (Fsp3) is 0.400. The van der Waals surface area contributed by atoms with Crippen molar-refractivity contribution < 1.29 is 19.3 Å². The first-order valence-electron chi connectivity index (χ1n) is 5.17. The molecule has 2 rings (SSSR count). The van der Waals surface area contributed by atoms with Crippen LogP contribution in [-0.4, -0.2) is 38.6 Å². The molecule has 0 radical (unpaired) electrons. The number of ether oxygens (including phenoxy) is 1. The van der Waals surface area contributed by atoms with Crippen molar-refractivity contribution in [2.45, 2.75) is 18.4 Å². The van der Waals surface area contributed by atoms with Crippen molar-refractivity contribution in [3.8, 4) is 0 Å². The van der Waals surface area contributed by atoms with Gasteiger partial charge in [-0.15, -0.1) is 0 Å². The Kier molecular flexibility index (Phi) is 3.41. The van der Waals surface area contributed by atoms with Crippen LogP contribution in [0.2, 0.25) is 0 Å². The molecule has 1 saturated heterocycles. The van der Waals surface area contributed by atoms with E-state index in [1.54, 1.807) is 0 Å². The Morgan fingerprint density at radius 2 is 2.39 bits per heavy atom. The number of aromatic nitrogens is 2. The van der Waals surface area contributed by atoms with E-state index in [4.69, 9.17) is 15.6 Å². The van der Waals surface area contributed by atoms with Gasteiger partial charge in [-0.3, -0.25) is 4.57 Å². The molecule has 1 unspecified atom stereocenters. The molecule has 0 amide bonds. The maximum atomic E-state index is 12.8. The van der Waals surface area contributed by atoms with Crippen LogP contribution in [0.25, 0.3) is 0 Å². The molecule has 1 fully saturated rings. The van der Waals surface area contributed by atoms with Gasteiger partial charge in [0.05, 0.1) is 12.9 Å². The molecule has 98 valence electrons. The van der Waals surface area contributed by atoms with Gasteiger partial charge in [0.25, 0.3) is 0 Å². The zero-order valence-corrected chi connectivity index (χ0v) is 9.23. The molecule has 18 heavy (non-hydrogen) atoms. The monoisotopic (exact) mass is 257 g/mol. The molecule has 1 aliphatic rings. The zero-order chi connectivity index (χ0) is 13.3. The van der Waals surface area contributed by atoms with Gasteiger partial charge in [0.15, 0.2) is 6.23 Å². The second-order valence-electron chi connectivity index (χ2n) is 3.81. The van der Waals surface area contributed by atoms with Crippen molar-refractivity contribution in [3.63, 3.8) is 0 Å². The molecule has 0 aliphatic carbocycles. The molecule has 4 N–H and O–H groups in total. The van der Waals surface area contributed by atoms with Crippen LogP contribution in [0.15, 0.2) is 29.0 Å². The fourth-order valence-corrected chi connectivity index (χ4v) is 1.77. The van der Waals surface area contributed by atoms with Crippen molar-refractivity contribution in [3.05, 3.63) is 34.7 Å². The molecule has 0 aromatic carbocycles. The lowest BCUT2D eigenvalue weighted by Gasteiger charge is -2.14. The molecule has 0 bridgehead atoms. The smallest absolute Gasteiger partial charge is 0.351 e. The standard InChI is InChI=1S/C10H12FN3O4/c11-3-5-8(16)6(4-15)18-9(5)14-2-1-7(12)13-10(14)17/h1-3,6,8-9,15-16H,4H2,(H2,12,13,17)/t6-,8?,9-/m1/s1. The minimum Gasteiger partial charge on any atom is -0.394 e. The molecule has 1 aromatic heterocycles. The molecule has 8 heteroatoms. The molecule has 0 spiro atoms. The van der Waals surface area contributed by atoms with E-state index in [0.717, 1.165) is 4.57 Å². The van der Waals surface area contributed by atoms with Crippen LogP contribution in [0.1, 0.15) is 6.23 Å². The lowest BCUT2D eigenvalue weighted by molar-refractivity contribution is -0.0447. The van der Waals surface area contributed by atoms with Crippen molar-refractivity contribution in [2.75, 3.05) is 12.3 Å². The van der Waals surface area contributed by atoms with E-state index >= 15 is 0 Å².